The number of aromatic nitrogens is 1. The number of benzene rings is 1. The van der Waals surface area contributed by atoms with Gasteiger partial charge in [-0.15, -0.1) is 0 Å². The van der Waals surface area contributed by atoms with Gasteiger partial charge in [0.1, 0.15) is 0 Å². The smallest absolute Gasteiger partial charge is 0.0785 e. The minimum absolute atomic E-state index is 0.281. The van der Waals surface area contributed by atoms with E-state index in [0.29, 0.717) is 5.92 Å². The van der Waals surface area contributed by atoms with Gasteiger partial charge in [0.15, 0.2) is 0 Å². The predicted molar refractivity (Wildman–Crippen MR) is 116 cm³/mol. The molecule has 2 nitrogen and oxygen atoms in total. The summed E-state index contributed by atoms with van der Waals surface area (Å²) < 4.78 is 0. The van der Waals surface area contributed by atoms with E-state index in [2.05, 4.69) is 65.0 Å². The van der Waals surface area contributed by atoms with Crippen LogP contribution < -0.4 is 0 Å². The summed E-state index contributed by atoms with van der Waals surface area (Å²) in [6, 6.07) is 10.6. The largest absolute Gasteiger partial charge is 0.389 e. The molecule has 1 aromatic heterocycles. The zero-order valence-electron chi connectivity index (χ0n) is 18.0. The fourth-order valence-electron chi connectivity index (χ4n) is 3.93. The maximum absolute atomic E-state index is 10.7. The van der Waals surface area contributed by atoms with Crippen LogP contribution in [0.3, 0.4) is 0 Å². The molecule has 0 saturated carbocycles. The zero-order chi connectivity index (χ0) is 20.0. The fraction of sp³-hybridized carbons (Fsp3) is 0.560. The highest BCUT2D eigenvalue weighted by molar-refractivity contribution is 5.73. The monoisotopic (exact) mass is 367 g/mol. The summed E-state index contributed by atoms with van der Waals surface area (Å²) >= 11 is 0. The molecule has 0 aliphatic rings. The number of hydrogen-bond donors (Lipinski definition) is 1. The minimum atomic E-state index is -0.527. The van der Waals surface area contributed by atoms with Gasteiger partial charge in [-0.2, -0.15) is 0 Å². The summed E-state index contributed by atoms with van der Waals surface area (Å²) in [5.74, 6) is 0.651. The van der Waals surface area contributed by atoms with Gasteiger partial charge in [0, 0.05) is 17.0 Å². The predicted octanol–water partition coefficient (Wildman–Crippen LogP) is 7.17. The highest BCUT2D eigenvalue weighted by atomic mass is 16.3. The third-order valence-corrected chi connectivity index (χ3v) is 5.25. The Hall–Kier alpha value is -1.67. The van der Waals surface area contributed by atoms with Crippen molar-refractivity contribution < 1.29 is 5.11 Å². The number of rotatable bonds is 9. The van der Waals surface area contributed by atoms with E-state index in [1.54, 1.807) is 0 Å². The first-order valence-corrected chi connectivity index (χ1v) is 10.7. The van der Waals surface area contributed by atoms with E-state index in [1.807, 2.05) is 6.92 Å². The Morgan fingerprint density at radius 2 is 1.48 bits per heavy atom. The quantitative estimate of drug-likeness (QED) is 0.476. The molecular weight excluding hydrogens is 330 g/mol. The maximum Gasteiger partial charge on any atom is 0.0785 e. The van der Waals surface area contributed by atoms with E-state index in [9.17, 15) is 5.11 Å². The van der Waals surface area contributed by atoms with Crippen molar-refractivity contribution in [2.75, 3.05) is 0 Å². The lowest BCUT2D eigenvalue weighted by atomic mass is 9.83. The van der Waals surface area contributed by atoms with Crippen LogP contribution in [0.25, 0.3) is 11.1 Å². The average molecular weight is 368 g/mol. The van der Waals surface area contributed by atoms with Gasteiger partial charge in [0.25, 0.3) is 0 Å². The molecule has 0 saturated heterocycles. The summed E-state index contributed by atoms with van der Waals surface area (Å²) in [6.45, 7) is 12.9. The van der Waals surface area contributed by atoms with Crippen LogP contribution in [0.2, 0.25) is 0 Å². The summed E-state index contributed by atoms with van der Waals surface area (Å²) in [5, 5.41) is 10.7. The molecule has 0 fully saturated rings. The fourth-order valence-corrected chi connectivity index (χ4v) is 3.93. The van der Waals surface area contributed by atoms with Gasteiger partial charge in [0.05, 0.1) is 6.10 Å². The van der Waals surface area contributed by atoms with Crippen molar-refractivity contribution in [3.8, 4) is 11.1 Å². The van der Waals surface area contributed by atoms with Gasteiger partial charge in [-0.3, -0.25) is 4.98 Å². The Morgan fingerprint density at radius 1 is 0.852 bits per heavy atom. The van der Waals surface area contributed by atoms with Crippen molar-refractivity contribution in [3.05, 3.63) is 52.8 Å². The van der Waals surface area contributed by atoms with Crippen LogP contribution in [0.5, 0.6) is 0 Å². The van der Waals surface area contributed by atoms with E-state index in [0.717, 1.165) is 17.7 Å². The molecule has 0 aliphatic carbocycles. The van der Waals surface area contributed by atoms with E-state index in [-0.39, 0.29) is 5.92 Å². The number of hydrogen-bond acceptors (Lipinski definition) is 2. The van der Waals surface area contributed by atoms with Crippen molar-refractivity contribution in [1.82, 2.24) is 4.98 Å². The molecule has 2 aromatic rings. The maximum atomic E-state index is 10.7. The molecule has 27 heavy (non-hydrogen) atoms. The Kier molecular flexibility index (Phi) is 8.04. The van der Waals surface area contributed by atoms with Crippen LogP contribution in [-0.4, -0.2) is 10.1 Å². The van der Waals surface area contributed by atoms with Crippen molar-refractivity contribution in [2.24, 2.45) is 0 Å². The van der Waals surface area contributed by atoms with Gasteiger partial charge in [-0.1, -0.05) is 84.2 Å². The van der Waals surface area contributed by atoms with Gasteiger partial charge >= 0.3 is 0 Å². The topological polar surface area (TPSA) is 33.1 Å². The third kappa shape index (κ3) is 5.19. The van der Waals surface area contributed by atoms with Crippen LogP contribution in [0, 0.1) is 0 Å². The van der Waals surface area contributed by atoms with Crippen LogP contribution >= 0.6 is 0 Å². The highest BCUT2D eigenvalue weighted by Crippen LogP contribution is 2.40. The summed E-state index contributed by atoms with van der Waals surface area (Å²) in [5.41, 5.74) is 7.04. The first kappa shape index (κ1) is 21.6. The van der Waals surface area contributed by atoms with E-state index in [1.165, 1.54) is 48.1 Å². The number of aliphatic hydroxyl groups excluding tert-OH is 1. The summed E-state index contributed by atoms with van der Waals surface area (Å²) in [6.07, 6.45) is 5.45. The second-order valence-electron chi connectivity index (χ2n) is 8.31. The SMILES string of the molecule is CCCCCCc1c(C(C)C)nc(C(C)C)c(C(C)O)c1-c1ccccc1. The van der Waals surface area contributed by atoms with Gasteiger partial charge < -0.3 is 5.11 Å². The van der Waals surface area contributed by atoms with E-state index in [4.69, 9.17) is 4.98 Å². The second kappa shape index (κ2) is 10.0. The molecule has 2 heteroatoms. The first-order chi connectivity index (χ1) is 12.9. The molecular formula is C25H37NO. The highest BCUT2D eigenvalue weighted by Gasteiger charge is 2.25. The number of aliphatic hydroxyl groups is 1. The Balaban J connectivity index is 2.75. The van der Waals surface area contributed by atoms with Crippen LogP contribution in [0.1, 0.15) is 108 Å². The van der Waals surface area contributed by atoms with E-state index < -0.39 is 6.10 Å². The molecule has 2 rings (SSSR count). The summed E-state index contributed by atoms with van der Waals surface area (Å²) in [4.78, 5) is 5.12. The number of nitrogens with zero attached hydrogens (tertiary/aromatic N) is 1. The van der Waals surface area contributed by atoms with Crippen LogP contribution in [-0.2, 0) is 6.42 Å². The molecule has 1 atom stereocenters. The van der Waals surface area contributed by atoms with Gasteiger partial charge in [0.2, 0.25) is 0 Å². The van der Waals surface area contributed by atoms with Crippen molar-refractivity contribution in [3.63, 3.8) is 0 Å². The molecule has 1 heterocycles. The van der Waals surface area contributed by atoms with Gasteiger partial charge in [-0.05, 0) is 48.3 Å². The van der Waals surface area contributed by atoms with Crippen LogP contribution in [0.15, 0.2) is 30.3 Å². The van der Waals surface area contributed by atoms with Gasteiger partial charge in [-0.25, -0.2) is 0 Å². The van der Waals surface area contributed by atoms with E-state index >= 15 is 0 Å². The molecule has 148 valence electrons. The number of pyridine rings is 1. The Labute approximate surface area is 166 Å². The lowest BCUT2D eigenvalue weighted by Crippen LogP contribution is -2.14. The summed E-state index contributed by atoms with van der Waals surface area (Å²) in [7, 11) is 0. The molecule has 0 radical (unpaired) electrons. The standard InChI is InChI=1S/C25H37NO/c1-7-8-9-13-16-21-23(20-14-11-10-12-15-20)22(19(6)27)25(18(4)5)26-24(21)17(2)3/h10-12,14-15,17-19,27H,7-9,13,16H2,1-6H3. The molecule has 0 bridgehead atoms. The molecule has 0 amide bonds. The molecule has 0 spiro atoms. The average Bonchev–Trinajstić information content (AvgIpc) is 2.64. The minimum Gasteiger partial charge on any atom is -0.389 e. The number of unbranched alkanes of at least 4 members (excludes halogenated alkanes) is 3. The molecule has 1 unspecified atom stereocenters. The zero-order valence-corrected chi connectivity index (χ0v) is 18.0. The molecule has 1 N–H and O–H groups in total. The lowest BCUT2D eigenvalue weighted by molar-refractivity contribution is 0.197. The first-order valence-electron chi connectivity index (χ1n) is 10.7. The van der Waals surface area contributed by atoms with Crippen LogP contribution in [0.4, 0.5) is 0 Å². The van der Waals surface area contributed by atoms with Crippen molar-refractivity contribution >= 4 is 0 Å². The Morgan fingerprint density at radius 3 is 2.00 bits per heavy atom. The molecule has 0 aliphatic heterocycles. The normalized spacial score (nSPS) is 12.8. The van der Waals surface area contributed by atoms with Crippen molar-refractivity contribution in [2.45, 2.75) is 91.6 Å². The third-order valence-electron chi connectivity index (χ3n) is 5.25. The Bertz CT molecular complexity index is 717. The molecule has 1 aromatic carbocycles. The van der Waals surface area contributed by atoms with Crippen molar-refractivity contribution in [1.29, 1.82) is 0 Å². The second-order valence-corrected chi connectivity index (χ2v) is 8.31. The lowest BCUT2D eigenvalue weighted by Gasteiger charge is -2.26.